The van der Waals surface area contributed by atoms with Gasteiger partial charge in [-0.1, -0.05) is 32.0 Å². The molecule has 1 amide bonds. The summed E-state index contributed by atoms with van der Waals surface area (Å²) in [5.41, 5.74) is 2.56. The Bertz CT molecular complexity index is 686. The lowest BCUT2D eigenvalue weighted by Crippen LogP contribution is -2.25. The second-order valence-corrected chi connectivity index (χ2v) is 6.39. The number of hydrogen-bond acceptors (Lipinski definition) is 4. The number of methoxy groups -OCH3 is 1. The van der Waals surface area contributed by atoms with Gasteiger partial charge >= 0.3 is 0 Å². The Balaban J connectivity index is 1.87. The average Bonchev–Trinajstić information content (AvgIpc) is 2.62. The first-order valence-corrected chi connectivity index (χ1v) is 8.69. The zero-order valence-electron chi connectivity index (χ0n) is 15.2. The molecule has 1 aromatic carbocycles. The molecule has 1 aromatic heterocycles. The maximum atomic E-state index is 12.2. The number of carbonyl (C=O) groups excluding carboxylic acids is 1. The Morgan fingerprint density at radius 3 is 2.76 bits per heavy atom. The van der Waals surface area contributed by atoms with Gasteiger partial charge in [0.15, 0.2) is 0 Å². The number of rotatable bonds is 9. The standard InChI is InChI=1S/C20H27N3O2/c1-15(2)8-10-23-20(24)17-12-18(14-21-13-17)22-11-9-16-6-4-5-7-19(16)25-3/h4-7,12-15,22H,8-11H2,1-3H3,(H,23,24). The number of hydrogen-bond donors (Lipinski definition) is 2. The van der Waals surface area contributed by atoms with E-state index in [4.69, 9.17) is 4.74 Å². The molecule has 2 rings (SSSR count). The third-order valence-corrected chi connectivity index (χ3v) is 3.92. The molecule has 25 heavy (non-hydrogen) atoms. The number of pyridine rings is 1. The number of aromatic nitrogens is 1. The van der Waals surface area contributed by atoms with Gasteiger partial charge in [-0.05, 0) is 36.5 Å². The molecule has 5 heteroatoms. The molecule has 2 aromatic rings. The fourth-order valence-electron chi connectivity index (χ4n) is 2.49. The van der Waals surface area contributed by atoms with Gasteiger partial charge in [0.1, 0.15) is 5.75 Å². The van der Waals surface area contributed by atoms with Gasteiger partial charge in [-0.3, -0.25) is 9.78 Å². The number of nitrogens with one attached hydrogen (secondary N) is 2. The van der Waals surface area contributed by atoms with Gasteiger partial charge in [0, 0.05) is 25.5 Å². The number of ether oxygens (including phenoxy) is 1. The van der Waals surface area contributed by atoms with Gasteiger partial charge < -0.3 is 15.4 Å². The normalized spacial score (nSPS) is 10.6. The van der Waals surface area contributed by atoms with Gasteiger partial charge in [0.05, 0.1) is 18.4 Å². The van der Waals surface area contributed by atoms with Crippen molar-refractivity contribution >= 4 is 11.6 Å². The molecule has 0 radical (unpaired) electrons. The number of nitrogens with zero attached hydrogens (tertiary/aromatic N) is 1. The predicted octanol–water partition coefficient (Wildman–Crippen LogP) is 3.52. The summed E-state index contributed by atoms with van der Waals surface area (Å²) < 4.78 is 5.36. The second kappa shape index (κ2) is 9.67. The van der Waals surface area contributed by atoms with E-state index in [1.165, 1.54) is 0 Å². The lowest BCUT2D eigenvalue weighted by molar-refractivity contribution is 0.0951. The van der Waals surface area contributed by atoms with E-state index in [1.54, 1.807) is 19.5 Å². The first kappa shape index (κ1) is 18.8. The third-order valence-electron chi connectivity index (χ3n) is 3.92. The average molecular weight is 341 g/mol. The molecule has 134 valence electrons. The SMILES string of the molecule is COc1ccccc1CCNc1cncc(C(=O)NCCC(C)C)c1. The first-order chi connectivity index (χ1) is 12.1. The summed E-state index contributed by atoms with van der Waals surface area (Å²) in [7, 11) is 1.68. The summed E-state index contributed by atoms with van der Waals surface area (Å²) in [6.45, 7) is 5.70. The Morgan fingerprint density at radius 1 is 1.20 bits per heavy atom. The van der Waals surface area contributed by atoms with Crippen LogP contribution in [0.25, 0.3) is 0 Å². The Morgan fingerprint density at radius 2 is 2.00 bits per heavy atom. The summed E-state index contributed by atoms with van der Waals surface area (Å²) in [5, 5.41) is 6.25. The van der Waals surface area contributed by atoms with Crippen LogP contribution in [0.15, 0.2) is 42.7 Å². The number of amides is 1. The van der Waals surface area contributed by atoms with Crippen LogP contribution in [0, 0.1) is 5.92 Å². The van der Waals surface area contributed by atoms with Gasteiger partial charge in [0.2, 0.25) is 0 Å². The van der Waals surface area contributed by atoms with E-state index in [9.17, 15) is 4.79 Å². The van der Waals surface area contributed by atoms with E-state index >= 15 is 0 Å². The van der Waals surface area contributed by atoms with Crippen LogP contribution in [0.3, 0.4) is 0 Å². The molecule has 0 aliphatic heterocycles. The third kappa shape index (κ3) is 6.10. The van der Waals surface area contributed by atoms with Crippen molar-refractivity contribution in [3.05, 3.63) is 53.9 Å². The molecule has 0 bridgehead atoms. The quantitative estimate of drug-likeness (QED) is 0.732. The lowest BCUT2D eigenvalue weighted by atomic mass is 10.1. The molecular formula is C20H27N3O2. The minimum absolute atomic E-state index is 0.0819. The van der Waals surface area contributed by atoms with Crippen LogP contribution in [-0.4, -0.2) is 31.1 Å². The zero-order chi connectivity index (χ0) is 18.1. The van der Waals surface area contributed by atoms with Gasteiger partial charge in [0.25, 0.3) is 5.91 Å². The lowest BCUT2D eigenvalue weighted by Gasteiger charge is -2.11. The van der Waals surface area contributed by atoms with E-state index in [0.717, 1.165) is 36.4 Å². The van der Waals surface area contributed by atoms with Crippen LogP contribution >= 0.6 is 0 Å². The van der Waals surface area contributed by atoms with Crippen LogP contribution in [0.5, 0.6) is 5.75 Å². The maximum Gasteiger partial charge on any atom is 0.252 e. The molecule has 2 N–H and O–H groups in total. The summed E-state index contributed by atoms with van der Waals surface area (Å²) in [6.07, 6.45) is 5.12. The smallest absolute Gasteiger partial charge is 0.252 e. The van der Waals surface area contributed by atoms with Crippen molar-refractivity contribution in [2.45, 2.75) is 26.7 Å². The van der Waals surface area contributed by atoms with Crippen molar-refractivity contribution < 1.29 is 9.53 Å². The summed E-state index contributed by atoms with van der Waals surface area (Å²) >= 11 is 0. The molecule has 0 fully saturated rings. The van der Waals surface area contributed by atoms with Gasteiger partial charge in [-0.25, -0.2) is 0 Å². The zero-order valence-corrected chi connectivity index (χ0v) is 15.2. The second-order valence-electron chi connectivity index (χ2n) is 6.39. The number of para-hydroxylation sites is 1. The number of anilines is 1. The molecule has 0 saturated heterocycles. The summed E-state index contributed by atoms with van der Waals surface area (Å²) in [6, 6.07) is 9.80. The van der Waals surface area contributed by atoms with Crippen molar-refractivity contribution in [1.29, 1.82) is 0 Å². The van der Waals surface area contributed by atoms with Crippen molar-refractivity contribution in [2.75, 3.05) is 25.5 Å². The molecule has 1 heterocycles. The largest absolute Gasteiger partial charge is 0.496 e. The molecular weight excluding hydrogens is 314 g/mol. The molecule has 0 saturated carbocycles. The molecule has 5 nitrogen and oxygen atoms in total. The topological polar surface area (TPSA) is 63.2 Å². The first-order valence-electron chi connectivity index (χ1n) is 8.69. The van der Waals surface area contributed by atoms with E-state index in [-0.39, 0.29) is 5.91 Å². The minimum Gasteiger partial charge on any atom is -0.496 e. The maximum absolute atomic E-state index is 12.2. The number of benzene rings is 1. The molecule has 0 aliphatic carbocycles. The van der Waals surface area contributed by atoms with Gasteiger partial charge in [-0.15, -0.1) is 0 Å². The predicted molar refractivity (Wildman–Crippen MR) is 101 cm³/mol. The highest BCUT2D eigenvalue weighted by Crippen LogP contribution is 2.18. The van der Waals surface area contributed by atoms with Crippen molar-refractivity contribution in [3.63, 3.8) is 0 Å². The van der Waals surface area contributed by atoms with Gasteiger partial charge in [-0.2, -0.15) is 0 Å². The summed E-state index contributed by atoms with van der Waals surface area (Å²) in [5.74, 6) is 1.38. The highest BCUT2D eigenvalue weighted by atomic mass is 16.5. The summed E-state index contributed by atoms with van der Waals surface area (Å²) in [4.78, 5) is 16.3. The number of carbonyl (C=O) groups is 1. The van der Waals surface area contributed by atoms with Crippen LogP contribution in [0.2, 0.25) is 0 Å². The monoisotopic (exact) mass is 341 g/mol. The Kier molecular flexibility index (Phi) is 7.26. The van der Waals surface area contributed by atoms with E-state index < -0.39 is 0 Å². The Labute approximate surface area is 149 Å². The van der Waals surface area contributed by atoms with E-state index in [1.807, 2.05) is 24.3 Å². The fourth-order valence-corrected chi connectivity index (χ4v) is 2.49. The molecule has 0 atom stereocenters. The van der Waals surface area contributed by atoms with Crippen LogP contribution < -0.4 is 15.4 Å². The fraction of sp³-hybridized carbons (Fsp3) is 0.400. The Hall–Kier alpha value is -2.56. The molecule has 0 aliphatic rings. The van der Waals surface area contributed by atoms with Crippen molar-refractivity contribution in [1.82, 2.24) is 10.3 Å². The van der Waals surface area contributed by atoms with Crippen LogP contribution in [0.1, 0.15) is 36.2 Å². The van der Waals surface area contributed by atoms with Crippen molar-refractivity contribution in [2.24, 2.45) is 5.92 Å². The van der Waals surface area contributed by atoms with Crippen LogP contribution in [0.4, 0.5) is 5.69 Å². The van der Waals surface area contributed by atoms with E-state index in [0.29, 0.717) is 18.0 Å². The minimum atomic E-state index is -0.0819. The van der Waals surface area contributed by atoms with Crippen molar-refractivity contribution in [3.8, 4) is 5.75 Å². The molecule has 0 spiro atoms. The van der Waals surface area contributed by atoms with Crippen LogP contribution in [-0.2, 0) is 6.42 Å². The van der Waals surface area contributed by atoms with E-state index in [2.05, 4.69) is 35.5 Å². The highest BCUT2D eigenvalue weighted by molar-refractivity contribution is 5.94. The molecule has 0 unspecified atom stereocenters. The highest BCUT2D eigenvalue weighted by Gasteiger charge is 2.07.